The number of hydrogen-bond acceptors (Lipinski definition) is 4. The molecule has 0 aliphatic heterocycles. The van der Waals surface area contributed by atoms with Gasteiger partial charge in [-0.1, -0.05) is 45.7 Å². The highest BCUT2D eigenvalue weighted by Crippen LogP contribution is 2.22. The first-order valence-electron chi connectivity index (χ1n) is 10.4. The molecule has 1 fully saturated rings. The van der Waals surface area contributed by atoms with Crippen LogP contribution in [0.5, 0.6) is 0 Å². The first-order valence-corrected chi connectivity index (χ1v) is 11.9. The van der Waals surface area contributed by atoms with Gasteiger partial charge in [-0.05, 0) is 49.2 Å². The topological polar surface area (TPSA) is 104 Å². The van der Waals surface area contributed by atoms with Crippen molar-refractivity contribution in [3.8, 4) is 0 Å². The zero-order chi connectivity index (χ0) is 22.6. The van der Waals surface area contributed by atoms with E-state index >= 15 is 0 Å². The minimum Gasteiger partial charge on any atom is -0.326 e. The third kappa shape index (κ3) is 6.15. The van der Waals surface area contributed by atoms with Gasteiger partial charge in [-0.25, -0.2) is 13.1 Å². The van der Waals surface area contributed by atoms with Gasteiger partial charge in [-0.2, -0.15) is 0 Å². The summed E-state index contributed by atoms with van der Waals surface area (Å²) in [5, 5.41) is 5.58. The second-order valence-electron chi connectivity index (χ2n) is 8.87. The van der Waals surface area contributed by atoms with Gasteiger partial charge in [0, 0.05) is 28.4 Å². The predicted octanol–water partition coefficient (Wildman–Crippen LogP) is 4.14. The molecule has 0 aromatic heterocycles. The summed E-state index contributed by atoms with van der Waals surface area (Å²) in [5.41, 5.74) is 0.750. The number of hydrogen-bond donors (Lipinski definition) is 3. The molecule has 2 aromatic carbocycles. The third-order valence-electron chi connectivity index (χ3n) is 5.14. The molecule has 7 nitrogen and oxygen atoms in total. The van der Waals surface area contributed by atoms with Crippen molar-refractivity contribution in [3.05, 3.63) is 54.1 Å². The molecule has 8 heteroatoms. The lowest BCUT2D eigenvalue weighted by Gasteiger charge is -2.18. The molecule has 0 radical (unpaired) electrons. The van der Waals surface area contributed by atoms with E-state index in [-0.39, 0.29) is 22.4 Å². The van der Waals surface area contributed by atoms with Gasteiger partial charge in [0.2, 0.25) is 15.9 Å². The Bertz CT molecular complexity index is 1070. The van der Waals surface area contributed by atoms with Crippen LogP contribution in [0.4, 0.5) is 11.4 Å². The van der Waals surface area contributed by atoms with Crippen LogP contribution in [0.25, 0.3) is 0 Å². The number of anilines is 2. The number of amides is 2. The van der Waals surface area contributed by atoms with E-state index in [2.05, 4.69) is 15.4 Å². The molecule has 0 heterocycles. The van der Waals surface area contributed by atoms with Crippen molar-refractivity contribution >= 4 is 33.2 Å². The highest BCUT2D eigenvalue weighted by molar-refractivity contribution is 7.89. The van der Waals surface area contributed by atoms with Crippen molar-refractivity contribution in [2.24, 2.45) is 5.41 Å². The van der Waals surface area contributed by atoms with Crippen LogP contribution in [0, 0.1) is 5.41 Å². The van der Waals surface area contributed by atoms with Crippen molar-refractivity contribution in [1.29, 1.82) is 0 Å². The summed E-state index contributed by atoms with van der Waals surface area (Å²) in [6.45, 7) is 5.45. The Hall–Kier alpha value is -2.71. The summed E-state index contributed by atoms with van der Waals surface area (Å²) < 4.78 is 28.1. The Morgan fingerprint density at radius 1 is 0.903 bits per heavy atom. The van der Waals surface area contributed by atoms with Crippen LogP contribution in [0.3, 0.4) is 0 Å². The SMILES string of the molecule is CC(C)(C)C(=O)Nc1cccc(NC(=O)c2cccc(S(=O)(=O)NC3CCCC3)c2)c1. The van der Waals surface area contributed by atoms with E-state index in [0.717, 1.165) is 25.7 Å². The molecule has 0 unspecified atom stereocenters. The lowest BCUT2D eigenvalue weighted by atomic mass is 9.95. The van der Waals surface area contributed by atoms with Crippen molar-refractivity contribution in [2.75, 3.05) is 10.6 Å². The average Bonchev–Trinajstić information content (AvgIpc) is 3.20. The molecular weight excluding hydrogens is 414 g/mol. The number of rotatable bonds is 6. The fourth-order valence-corrected chi connectivity index (χ4v) is 4.68. The van der Waals surface area contributed by atoms with E-state index in [9.17, 15) is 18.0 Å². The van der Waals surface area contributed by atoms with Gasteiger partial charge in [-0.3, -0.25) is 9.59 Å². The fraction of sp³-hybridized carbons (Fsp3) is 0.391. The summed E-state index contributed by atoms with van der Waals surface area (Å²) in [7, 11) is -3.68. The van der Waals surface area contributed by atoms with Crippen molar-refractivity contribution in [3.63, 3.8) is 0 Å². The summed E-state index contributed by atoms with van der Waals surface area (Å²) in [4.78, 5) is 25.0. The normalized spacial score (nSPS) is 14.9. The Morgan fingerprint density at radius 3 is 2.16 bits per heavy atom. The van der Waals surface area contributed by atoms with Gasteiger partial charge in [0.05, 0.1) is 4.90 Å². The monoisotopic (exact) mass is 443 g/mol. The molecule has 3 rings (SSSR count). The first kappa shape index (κ1) is 23.0. The Balaban J connectivity index is 1.72. The molecule has 0 spiro atoms. The molecule has 2 aromatic rings. The van der Waals surface area contributed by atoms with Crippen LogP contribution < -0.4 is 15.4 Å². The maximum absolute atomic E-state index is 12.7. The van der Waals surface area contributed by atoms with Crippen molar-refractivity contribution in [2.45, 2.75) is 57.4 Å². The Kier molecular flexibility index (Phi) is 6.81. The summed E-state index contributed by atoms with van der Waals surface area (Å²) >= 11 is 0. The molecule has 0 saturated heterocycles. The quantitative estimate of drug-likeness (QED) is 0.624. The van der Waals surface area contributed by atoms with E-state index in [1.165, 1.54) is 12.1 Å². The number of benzene rings is 2. The molecule has 2 amide bonds. The maximum Gasteiger partial charge on any atom is 0.255 e. The second-order valence-corrected chi connectivity index (χ2v) is 10.6. The van der Waals surface area contributed by atoms with Crippen LogP contribution >= 0.6 is 0 Å². The highest BCUT2D eigenvalue weighted by Gasteiger charge is 2.24. The molecule has 1 saturated carbocycles. The Morgan fingerprint density at radius 2 is 1.52 bits per heavy atom. The van der Waals surface area contributed by atoms with Crippen LogP contribution in [0.15, 0.2) is 53.4 Å². The average molecular weight is 444 g/mol. The smallest absolute Gasteiger partial charge is 0.255 e. The van der Waals surface area contributed by atoms with Gasteiger partial charge in [0.15, 0.2) is 0 Å². The van der Waals surface area contributed by atoms with Crippen LogP contribution in [-0.4, -0.2) is 26.3 Å². The minimum atomic E-state index is -3.68. The molecule has 0 bridgehead atoms. The Labute approximate surface area is 183 Å². The van der Waals surface area contributed by atoms with E-state index in [0.29, 0.717) is 11.4 Å². The lowest BCUT2D eigenvalue weighted by molar-refractivity contribution is -0.123. The number of carbonyl (C=O) groups is 2. The third-order valence-corrected chi connectivity index (χ3v) is 6.66. The van der Waals surface area contributed by atoms with Crippen LogP contribution in [0.2, 0.25) is 0 Å². The molecule has 166 valence electrons. The predicted molar refractivity (Wildman–Crippen MR) is 121 cm³/mol. The van der Waals surface area contributed by atoms with E-state index in [1.54, 1.807) is 36.4 Å². The molecule has 1 aliphatic carbocycles. The van der Waals surface area contributed by atoms with Gasteiger partial charge in [0.1, 0.15) is 0 Å². The first-order chi connectivity index (χ1) is 14.5. The summed E-state index contributed by atoms with van der Waals surface area (Å²) in [6.07, 6.45) is 3.71. The standard InChI is InChI=1S/C23H29N3O4S/c1-23(2,3)22(28)25-19-12-7-11-18(15-19)24-21(27)16-8-6-13-20(14-16)31(29,30)26-17-9-4-5-10-17/h6-8,11-15,17,26H,4-5,9-10H2,1-3H3,(H,24,27)(H,25,28). The van der Waals surface area contributed by atoms with Crippen molar-refractivity contribution < 1.29 is 18.0 Å². The van der Waals surface area contributed by atoms with Crippen LogP contribution in [0.1, 0.15) is 56.8 Å². The van der Waals surface area contributed by atoms with Gasteiger partial charge in [-0.15, -0.1) is 0 Å². The molecule has 3 N–H and O–H groups in total. The van der Waals surface area contributed by atoms with Crippen molar-refractivity contribution in [1.82, 2.24) is 4.72 Å². The zero-order valence-corrected chi connectivity index (χ0v) is 18.9. The lowest BCUT2D eigenvalue weighted by Crippen LogP contribution is -2.32. The highest BCUT2D eigenvalue weighted by atomic mass is 32.2. The number of carbonyl (C=O) groups excluding carboxylic acids is 2. The summed E-state index contributed by atoms with van der Waals surface area (Å²) in [6, 6.07) is 12.7. The zero-order valence-electron chi connectivity index (χ0n) is 18.1. The van der Waals surface area contributed by atoms with Gasteiger partial charge in [0.25, 0.3) is 5.91 Å². The summed E-state index contributed by atoms with van der Waals surface area (Å²) in [5.74, 6) is -0.569. The molecular formula is C23H29N3O4S. The second kappa shape index (κ2) is 9.20. The maximum atomic E-state index is 12.7. The van der Waals surface area contributed by atoms with E-state index in [4.69, 9.17) is 0 Å². The van der Waals surface area contributed by atoms with Gasteiger partial charge >= 0.3 is 0 Å². The fourth-order valence-electron chi connectivity index (χ4n) is 3.33. The van der Waals surface area contributed by atoms with Gasteiger partial charge < -0.3 is 10.6 Å². The largest absolute Gasteiger partial charge is 0.326 e. The number of nitrogens with one attached hydrogen (secondary N) is 3. The van der Waals surface area contributed by atoms with Crippen LogP contribution in [-0.2, 0) is 14.8 Å². The molecule has 0 atom stereocenters. The molecule has 1 aliphatic rings. The molecule has 31 heavy (non-hydrogen) atoms. The minimum absolute atomic E-state index is 0.0477. The van der Waals surface area contributed by atoms with E-state index in [1.807, 2.05) is 20.8 Å². The number of sulfonamides is 1. The van der Waals surface area contributed by atoms with E-state index < -0.39 is 21.3 Å².